The van der Waals surface area contributed by atoms with Crippen molar-refractivity contribution in [2.24, 2.45) is 0 Å². The maximum atomic E-state index is 13.1. The predicted molar refractivity (Wildman–Crippen MR) is 140 cm³/mol. The summed E-state index contributed by atoms with van der Waals surface area (Å²) in [5.74, 6) is 0. The highest BCUT2D eigenvalue weighted by Crippen LogP contribution is 2.34. The van der Waals surface area contributed by atoms with E-state index >= 15 is 0 Å². The lowest BCUT2D eigenvalue weighted by atomic mass is 9.98. The molecule has 0 amide bonds. The number of hydrogen-bond donors (Lipinski definition) is 1. The first kappa shape index (κ1) is 26.2. The zero-order valence-electron chi connectivity index (χ0n) is 19.2. The number of nitrogens with zero attached hydrogens (tertiary/aromatic N) is 1. The molecule has 0 radical (unpaired) electrons. The standard InChI is InChI=1S/C17H16ClNO3S.C9H12ClN/c18-14-6-9-16(10-7-14)23(21)19-15(11-22-12-20)8-5-13-3-1-2-4-17(13)19;1-7-3-8(6-11-2)5-9(10)4-7/h1-4,6-7,9-10,12,15H,5,8,11H2;3-5,11H,6H2,1-2H3. The molecule has 2 unspecified atom stereocenters. The second-order valence-electron chi connectivity index (χ2n) is 7.95. The topological polar surface area (TPSA) is 58.6 Å². The van der Waals surface area contributed by atoms with Crippen LogP contribution >= 0.6 is 23.2 Å². The Morgan fingerprint density at radius 1 is 1.09 bits per heavy atom. The summed E-state index contributed by atoms with van der Waals surface area (Å²) < 4.78 is 19.9. The van der Waals surface area contributed by atoms with Gasteiger partial charge in [-0.15, -0.1) is 0 Å². The Morgan fingerprint density at radius 3 is 2.50 bits per heavy atom. The Bertz CT molecular complexity index is 1110. The molecule has 2 atom stereocenters. The second kappa shape index (κ2) is 12.9. The molecule has 1 aliphatic rings. The molecule has 1 N–H and O–H groups in total. The van der Waals surface area contributed by atoms with E-state index in [1.165, 1.54) is 11.1 Å². The van der Waals surface area contributed by atoms with Crippen LogP contribution in [0.25, 0.3) is 0 Å². The predicted octanol–water partition coefficient (Wildman–Crippen LogP) is 5.72. The maximum Gasteiger partial charge on any atom is 0.293 e. The molecule has 0 bridgehead atoms. The quantitative estimate of drug-likeness (QED) is 0.406. The first-order chi connectivity index (χ1) is 16.4. The highest BCUT2D eigenvalue weighted by Gasteiger charge is 2.31. The number of para-hydroxylation sites is 1. The molecular weight excluding hydrogens is 491 g/mol. The number of rotatable bonds is 7. The van der Waals surface area contributed by atoms with Gasteiger partial charge in [-0.05, 0) is 86.0 Å². The molecule has 0 saturated carbocycles. The van der Waals surface area contributed by atoms with Crippen molar-refractivity contribution >= 4 is 46.3 Å². The smallest absolute Gasteiger partial charge is 0.293 e. The lowest BCUT2D eigenvalue weighted by Crippen LogP contribution is -2.43. The number of ether oxygens (including phenoxy) is 1. The largest absolute Gasteiger partial charge is 0.466 e. The third kappa shape index (κ3) is 7.06. The van der Waals surface area contributed by atoms with Crippen molar-refractivity contribution in [2.75, 3.05) is 18.0 Å². The van der Waals surface area contributed by atoms with E-state index in [0.29, 0.717) is 16.4 Å². The average molecular weight is 519 g/mol. The normalized spacial score (nSPS) is 15.5. The molecule has 0 aliphatic carbocycles. The van der Waals surface area contributed by atoms with E-state index in [0.717, 1.165) is 35.7 Å². The van der Waals surface area contributed by atoms with Crippen LogP contribution in [-0.2, 0) is 33.5 Å². The fraction of sp³-hybridized carbons (Fsp3) is 0.269. The molecule has 34 heavy (non-hydrogen) atoms. The summed E-state index contributed by atoms with van der Waals surface area (Å²) in [6.07, 6.45) is 1.65. The van der Waals surface area contributed by atoms with Crippen molar-refractivity contribution < 1.29 is 13.7 Å². The van der Waals surface area contributed by atoms with Crippen LogP contribution in [-0.4, -0.2) is 30.4 Å². The lowest BCUT2D eigenvalue weighted by Gasteiger charge is -2.36. The van der Waals surface area contributed by atoms with Crippen LogP contribution in [0, 0.1) is 6.92 Å². The number of carbonyl (C=O) groups is 1. The van der Waals surface area contributed by atoms with E-state index in [1.54, 1.807) is 24.3 Å². The summed E-state index contributed by atoms with van der Waals surface area (Å²) in [5, 5.41) is 4.50. The van der Waals surface area contributed by atoms with E-state index < -0.39 is 11.0 Å². The summed E-state index contributed by atoms with van der Waals surface area (Å²) in [4.78, 5) is 11.2. The summed E-state index contributed by atoms with van der Waals surface area (Å²) in [6, 6.07) is 20.8. The maximum absolute atomic E-state index is 13.1. The van der Waals surface area contributed by atoms with Crippen LogP contribution in [0.15, 0.2) is 71.6 Å². The zero-order chi connectivity index (χ0) is 24.5. The van der Waals surface area contributed by atoms with Crippen LogP contribution in [0.2, 0.25) is 10.0 Å². The van der Waals surface area contributed by atoms with Gasteiger partial charge in [-0.1, -0.05) is 47.5 Å². The molecule has 1 heterocycles. The van der Waals surface area contributed by atoms with Crippen molar-refractivity contribution in [3.63, 3.8) is 0 Å². The Balaban J connectivity index is 0.000000248. The van der Waals surface area contributed by atoms with Crippen LogP contribution < -0.4 is 9.62 Å². The number of benzene rings is 3. The molecule has 4 rings (SSSR count). The molecular formula is C26H28Cl2N2O3S. The van der Waals surface area contributed by atoms with Gasteiger partial charge in [0.05, 0.1) is 16.6 Å². The number of anilines is 1. The van der Waals surface area contributed by atoms with Crippen molar-refractivity contribution in [1.82, 2.24) is 5.32 Å². The molecule has 3 aromatic rings. The van der Waals surface area contributed by atoms with Gasteiger partial charge in [0.15, 0.2) is 11.0 Å². The van der Waals surface area contributed by atoms with Gasteiger partial charge in [0, 0.05) is 16.6 Å². The van der Waals surface area contributed by atoms with Crippen molar-refractivity contribution in [3.05, 3.63) is 93.5 Å². The molecule has 0 fully saturated rings. The molecule has 3 aromatic carbocycles. The van der Waals surface area contributed by atoms with Crippen LogP contribution in [0.5, 0.6) is 0 Å². The Hall–Kier alpha value is -2.38. The van der Waals surface area contributed by atoms with Crippen LogP contribution in [0.1, 0.15) is 23.1 Å². The minimum absolute atomic E-state index is 0.119. The highest BCUT2D eigenvalue weighted by atomic mass is 35.5. The molecule has 0 spiro atoms. The molecule has 0 saturated heterocycles. The molecule has 1 aliphatic heterocycles. The third-order valence-electron chi connectivity index (χ3n) is 5.34. The SMILES string of the molecule is CNCc1cc(C)cc(Cl)c1.O=COCC1CCc2ccccc2N1S(=O)c1ccc(Cl)cc1. The van der Waals surface area contributed by atoms with Gasteiger partial charge in [0.2, 0.25) is 0 Å². The summed E-state index contributed by atoms with van der Waals surface area (Å²) in [6.45, 7) is 3.58. The molecule has 5 nitrogen and oxygen atoms in total. The first-order valence-electron chi connectivity index (χ1n) is 10.9. The van der Waals surface area contributed by atoms with Gasteiger partial charge in [-0.3, -0.25) is 9.10 Å². The van der Waals surface area contributed by atoms with Crippen molar-refractivity contribution in [1.29, 1.82) is 0 Å². The number of hydrogen-bond acceptors (Lipinski definition) is 4. The Labute approximate surface area is 213 Å². The minimum atomic E-state index is -1.39. The summed E-state index contributed by atoms with van der Waals surface area (Å²) in [5.41, 5.74) is 4.52. The molecule has 180 valence electrons. The van der Waals surface area contributed by atoms with E-state index in [1.807, 2.05) is 54.7 Å². The first-order valence-corrected chi connectivity index (χ1v) is 12.8. The van der Waals surface area contributed by atoms with Gasteiger partial charge < -0.3 is 10.1 Å². The monoisotopic (exact) mass is 518 g/mol. The van der Waals surface area contributed by atoms with E-state index in [-0.39, 0.29) is 12.6 Å². The number of halogens is 2. The average Bonchev–Trinajstić information content (AvgIpc) is 2.82. The Kier molecular flexibility index (Phi) is 9.96. The number of aryl methyl sites for hydroxylation is 2. The zero-order valence-corrected chi connectivity index (χ0v) is 21.5. The van der Waals surface area contributed by atoms with Gasteiger partial charge in [-0.25, -0.2) is 4.21 Å². The summed E-state index contributed by atoms with van der Waals surface area (Å²) >= 11 is 11.8. The van der Waals surface area contributed by atoms with Crippen molar-refractivity contribution in [2.45, 2.75) is 37.2 Å². The van der Waals surface area contributed by atoms with E-state index in [4.69, 9.17) is 27.9 Å². The van der Waals surface area contributed by atoms with Gasteiger partial charge in [0.1, 0.15) is 6.61 Å². The van der Waals surface area contributed by atoms with E-state index in [2.05, 4.69) is 11.4 Å². The number of fused-ring (bicyclic) bond motifs is 1. The molecule has 0 aromatic heterocycles. The van der Waals surface area contributed by atoms with Crippen LogP contribution in [0.3, 0.4) is 0 Å². The van der Waals surface area contributed by atoms with Gasteiger partial charge in [0.25, 0.3) is 6.47 Å². The number of carbonyl (C=O) groups excluding carboxylic acids is 1. The fourth-order valence-electron chi connectivity index (χ4n) is 3.88. The second-order valence-corrected chi connectivity index (χ2v) is 10.2. The van der Waals surface area contributed by atoms with Gasteiger partial charge >= 0.3 is 0 Å². The number of nitrogens with one attached hydrogen (secondary N) is 1. The van der Waals surface area contributed by atoms with Crippen LogP contribution in [0.4, 0.5) is 5.69 Å². The third-order valence-corrected chi connectivity index (χ3v) is 7.34. The highest BCUT2D eigenvalue weighted by molar-refractivity contribution is 7.86. The van der Waals surface area contributed by atoms with E-state index in [9.17, 15) is 9.00 Å². The van der Waals surface area contributed by atoms with Crippen molar-refractivity contribution in [3.8, 4) is 0 Å². The van der Waals surface area contributed by atoms with Gasteiger partial charge in [-0.2, -0.15) is 0 Å². The molecule has 8 heteroatoms. The Morgan fingerprint density at radius 2 is 1.82 bits per heavy atom. The fourth-order valence-corrected chi connectivity index (χ4v) is 5.71. The lowest BCUT2D eigenvalue weighted by molar-refractivity contribution is -0.129. The summed E-state index contributed by atoms with van der Waals surface area (Å²) in [7, 11) is 0.533. The minimum Gasteiger partial charge on any atom is -0.466 e.